The summed E-state index contributed by atoms with van der Waals surface area (Å²) in [5.74, 6) is 0.445. The fourth-order valence-electron chi connectivity index (χ4n) is 1.61. The van der Waals surface area contributed by atoms with Crippen molar-refractivity contribution in [3.8, 4) is 0 Å². The molecule has 2 rings (SSSR count). The van der Waals surface area contributed by atoms with Crippen LogP contribution in [0.2, 0.25) is 0 Å². The average Bonchev–Trinajstić information content (AvgIpc) is 2.37. The minimum atomic E-state index is -0.00926. The van der Waals surface area contributed by atoms with E-state index in [1.165, 1.54) is 11.8 Å². The molecule has 5 heteroatoms. The van der Waals surface area contributed by atoms with E-state index in [0.29, 0.717) is 5.75 Å². The minimum Gasteiger partial charge on any atom is -0.326 e. The van der Waals surface area contributed by atoms with Crippen molar-refractivity contribution >= 4 is 35.0 Å². The van der Waals surface area contributed by atoms with Gasteiger partial charge in [-0.05, 0) is 24.6 Å². The van der Waals surface area contributed by atoms with Gasteiger partial charge in [0.25, 0.3) is 0 Å². The van der Waals surface area contributed by atoms with E-state index >= 15 is 0 Å². The smallest absolute Gasteiger partial charge is 0.234 e. The van der Waals surface area contributed by atoms with Crippen LogP contribution in [0, 0.1) is 5.92 Å². The molecule has 1 unspecified atom stereocenters. The summed E-state index contributed by atoms with van der Waals surface area (Å²) >= 11 is 1.51. The lowest BCUT2D eigenvalue weighted by Gasteiger charge is -2.18. The molecule has 1 heterocycles. The number of thioether (sulfide) groups is 1. The largest absolute Gasteiger partial charge is 0.326 e. The van der Waals surface area contributed by atoms with Gasteiger partial charge in [-0.15, -0.1) is 11.8 Å². The summed E-state index contributed by atoms with van der Waals surface area (Å²) in [6, 6.07) is 5.59. The summed E-state index contributed by atoms with van der Waals surface area (Å²) in [4.78, 5) is 24.1. The maximum Gasteiger partial charge on any atom is 0.234 e. The van der Waals surface area contributed by atoms with Gasteiger partial charge in [0.1, 0.15) is 0 Å². The number of carbonyl (C=O) groups excluding carboxylic acids is 2. The highest BCUT2D eigenvalue weighted by Crippen LogP contribution is 2.33. The predicted octanol–water partition coefficient (Wildman–Crippen LogP) is 2.72. The third-order valence-electron chi connectivity index (χ3n) is 2.94. The van der Waals surface area contributed by atoms with Gasteiger partial charge < -0.3 is 10.6 Å². The highest BCUT2D eigenvalue weighted by atomic mass is 32.2. The number of fused-ring (bicyclic) bond motifs is 1. The van der Waals surface area contributed by atoms with Crippen LogP contribution < -0.4 is 10.6 Å². The SMILES string of the molecule is CCC(C)C(=O)Nc1ccc2c(c1)NC(=O)CS2. The van der Waals surface area contributed by atoms with Crippen molar-refractivity contribution in [2.75, 3.05) is 16.4 Å². The first-order valence-electron chi connectivity index (χ1n) is 5.97. The van der Waals surface area contributed by atoms with Crippen molar-refractivity contribution in [3.05, 3.63) is 18.2 Å². The Kier molecular flexibility index (Phi) is 3.91. The Morgan fingerprint density at radius 1 is 1.56 bits per heavy atom. The first-order valence-corrected chi connectivity index (χ1v) is 6.96. The van der Waals surface area contributed by atoms with Crippen molar-refractivity contribution < 1.29 is 9.59 Å². The van der Waals surface area contributed by atoms with Crippen LogP contribution in [0.5, 0.6) is 0 Å². The van der Waals surface area contributed by atoms with Crippen LogP contribution in [0.15, 0.2) is 23.1 Å². The van der Waals surface area contributed by atoms with Crippen LogP contribution in [0.1, 0.15) is 20.3 Å². The molecule has 96 valence electrons. The lowest BCUT2D eigenvalue weighted by Crippen LogP contribution is -2.21. The lowest BCUT2D eigenvalue weighted by molar-refractivity contribution is -0.119. The van der Waals surface area contributed by atoms with Gasteiger partial charge in [-0.2, -0.15) is 0 Å². The van der Waals surface area contributed by atoms with E-state index in [0.717, 1.165) is 22.7 Å². The molecule has 1 aliphatic heterocycles. The first-order chi connectivity index (χ1) is 8.60. The monoisotopic (exact) mass is 264 g/mol. The predicted molar refractivity (Wildman–Crippen MR) is 73.9 cm³/mol. The number of hydrogen-bond donors (Lipinski definition) is 2. The maximum absolute atomic E-state index is 11.8. The normalized spacial score (nSPS) is 15.6. The van der Waals surface area contributed by atoms with Crippen LogP contribution in [-0.4, -0.2) is 17.6 Å². The molecular weight excluding hydrogens is 248 g/mol. The van der Waals surface area contributed by atoms with Crippen molar-refractivity contribution in [3.63, 3.8) is 0 Å². The van der Waals surface area contributed by atoms with Crippen molar-refractivity contribution in [1.82, 2.24) is 0 Å². The highest BCUT2D eigenvalue weighted by Gasteiger charge is 2.16. The van der Waals surface area contributed by atoms with Gasteiger partial charge in [0.15, 0.2) is 0 Å². The van der Waals surface area contributed by atoms with E-state index in [1.807, 2.05) is 26.0 Å². The molecule has 2 amide bonds. The van der Waals surface area contributed by atoms with E-state index in [1.54, 1.807) is 6.07 Å². The number of anilines is 2. The molecule has 0 fully saturated rings. The fraction of sp³-hybridized carbons (Fsp3) is 0.385. The average molecular weight is 264 g/mol. The standard InChI is InChI=1S/C13H16N2O2S/c1-3-8(2)13(17)14-9-4-5-11-10(6-9)15-12(16)7-18-11/h4-6,8H,3,7H2,1-2H3,(H,14,17)(H,15,16). The molecule has 0 saturated heterocycles. The molecular formula is C13H16N2O2S. The Balaban J connectivity index is 2.13. The Morgan fingerprint density at radius 2 is 2.33 bits per heavy atom. The molecule has 0 aromatic heterocycles. The summed E-state index contributed by atoms with van der Waals surface area (Å²) in [6.45, 7) is 3.87. The Morgan fingerprint density at radius 3 is 3.06 bits per heavy atom. The van der Waals surface area contributed by atoms with Crippen LogP contribution in [-0.2, 0) is 9.59 Å². The third-order valence-corrected chi connectivity index (χ3v) is 4.01. The number of nitrogens with one attached hydrogen (secondary N) is 2. The Labute approximate surface area is 111 Å². The van der Waals surface area contributed by atoms with Gasteiger partial charge in [-0.25, -0.2) is 0 Å². The molecule has 0 spiro atoms. The van der Waals surface area contributed by atoms with Gasteiger partial charge >= 0.3 is 0 Å². The molecule has 0 bridgehead atoms. The zero-order chi connectivity index (χ0) is 13.1. The first kappa shape index (κ1) is 13.0. The van der Waals surface area contributed by atoms with E-state index in [9.17, 15) is 9.59 Å². The van der Waals surface area contributed by atoms with Crippen molar-refractivity contribution in [2.45, 2.75) is 25.2 Å². The lowest BCUT2D eigenvalue weighted by atomic mass is 10.1. The van der Waals surface area contributed by atoms with Gasteiger partial charge in [0, 0.05) is 16.5 Å². The van der Waals surface area contributed by atoms with Gasteiger partial charge in [-0.1, -0.05) is 13.8 Å². The van der Waals surface area contributed by atoms with Gasteiger partial charge in [-0.3, -0.25) is 9.59 Å². The third kappa shape index (κ3) is 2.85. The molecule has 0 aliphatic carbocycles. The van der Waals surface area contributed by atoms with Crippen LogP contribution >= 0.6 is 11.8 Å². The molecule has 0 radical (unpaired) electrons. The topological polar surface area (TPSA) is 58.2 Å². The molecule has 18 heavy (non-hydrogen) atoms. The van der Waals surface area contributed by atoms with E-state index in [-0.39, 0.29) is 17.7 Å². The molecule has 1 atom stereocenters. The van der Waals surface area contributed by atoms with Gasteiger partial charge in [0.05, 0.1) is 11.4 Å². The summed E-state index contributed by atoms with van der Waals surface area (Å²) < 4.78 is 0. The Bertz CT molecular complexity index is 488. The second-order valence-electron chi connectivity index (χ2n) is 4.35. The number of benzene rings is 1. The quantitative estimate of drug-likeness (QED) is 0.882. The minimum absolute atomic E-state index is 0.00194. The number of hydrogen-bond acceptors (Lipinski definition) is 3. The van der Waals surface area contributed by atoms with Crippen LogP contribution in [0.3, 0.4) is 0 Å². The number of rotatable bonds is 3. The number of carbonyl (C=O) groups is 2. The maximum atomic E-state index is 11.8. The number of amides is 2. The fourth-order valence-corrected chi connectivity index (χ4v) is 2.40. The molecule has 1 aromatic carbocycles. The molecule has 2 N–H and O–H groups in total. The summed E-state index contributed by atoms with van der Waals surface area (Å²) in [5, 5.41) is 5.66. The van der Waals surface area contributed by atoms with E-state index in [4.69, 9.17) is 0 Å². The zero-order valence-corrected chi connectivity index (χ0v) is 11.3. The summed E-state index contributed by atoms with van der Waals surface area (Å²) in [6.07, 6.45) is 0.809. The molecule has 4 nitrogen and oxygen atoms in total. The summed E-state index contributed by atoms with van der Waals surface area (Å²) in [5.41, 5.74) is 1.50. The van der Waals surface area contributed by atoms with Gasteiger partial charge in [0.2, 0.25) is 11.8 Å². The van der Waals surface area contributed by atoms with Crippen molar-refractivity contribution in [1.29, 1.82) is 0 Å². The molecule has 1 aliphatic rings. The van der Waals surface area contributed by atoms with Crippen LogP contribution in [0.25, 0.3) is 0 Å². The van der Waals surface area contributed by atoms with E-state index in [2.05, 4.69) is 10.6 Å². The highest BCUT2D eigenvalue weighted by molar-refractivity contribution is 8.00. The second kappa shape index (κ2) is 5.44. The molecule has 1 aromatic rings. The summed E-state index contributed by atoms with van der Waals surface area (Å²) in [7, 11) is 0. The van der Waals surface area contributed by atoms with Crippen LogP contribution in [0.4, 0.5) is 11.4 Å². The second-order valence-corrected chi connectivity index (χ2v) is 5.36. The zero-order valence-electron chi connectivity index (χ0n) is 10.4. The molecule has 0 saturated carbocycles. The Hall–Kier alpha value is -1.49. The van der Waals surface area contributed by atoms with Crippen molar-refractivity contribution in [2.24, 2.45) is 5.92 Å². The van der Waals surface area contributed by atoms with E-state index < -0.39 is 0 Å².